The molecular weight excluding hydrogens is 436 g/mol. The first kappa shape index (κ1) is 25.1. The summed E-state index contributed by atoms with van der Waals surface area (Å²) in [5.41, 5.74) is 0.735. The lowest BCUT2D eigenvalue weighted by molar-refractivity contribution is -0.141. The molecule has 9 heteroatoms. The van der Waals surface area contributed by atoms with Crippen molar-refractivity contribution in [1.82, 2.24) is 0 Å². The topological polar surface area (TPSA) is 73.8 Å². The maximum Gasteiger partial charge on any atom is 0.189 e. The fraction of sp³-hybridized carbons (Fsp3) is 0.684. The summed E-state index contributed by atoms with van der Waals surface area (Å²) in [6.07, 6.45) is -0.563. The summed E-state index contributed by atoms with van der Waals surface area (Å²) >= 11 is 3.52. The second-order valence-corrected chi connectivity index (χ2v) is 6.24. The number of benzene rings is 1. The number of methoxy groups -OCH3 is 2. The van der Waals surface area contributed by atoms with E-state index in [1.807, 2.05) is 19.9 Å². The van der Waals surface area contributed by atoms with E-state index in [-0.39, 0.29) is 13.6 Å². The van der Waals surface area contributed by atoms with Crippen molar-refractivity contribution in [3.63, 3.8) is 0 Å². The van der Waals surface area contributed by atoms with E-state index in [0.717, 1.165) is 10.0 Å². The normalized spacial score (nSPS) is 11.2. The second kappa shape index (κ2) is 15.9. The molecule has 28 heavy (non-hydrogen) atoms. The van der Waals surface area contributed by atoms with Crippen LogP contribution in [0.4, 0.5) is 0 Å². The first-order valence-corrected chi connectivity index (χ1v) is 9.92. The third-order valence-corrected chi connectivity index (χ3v) is 4.03. The molecule has 8 nitrogen and oxygen atoms in total. The zero-order valence-corrected chi connectivity index (χ0v) is 18.6. The SMILES string of the molecule is CCOC(OCC)c1cc(Br)c(OCOCCOC)cc1OCOCCOC. The Morgan fingerprint density at radius 1 is 0.786 bits per heavy atom. The van der Waals surface area contributed by atoms with Crippen molar-refractivity contribution in [2.24, 2.45) is 0 Å². The van der Waals surface area contributed by atoms with E-state index in [1.54, 1.807) is 20.3 Å². The molecule has 162 valence electrons. The van der Waals surface area contributed by atoms with Gasteiger partial charge >= 0.3 is 0 Å². The van der Waals surface area contributed by atoms with Gasteiger partial charge in [0.05, 0.1) is 36.5 Å². The van der Waals surface area contributed by atoms with Crippen molar-refractivity contribution in [2.75, 3.05) is 67.4 Å². The largest absolute Gasteiger partial charge is 0.467 e. The van der Waals surface area contributed by atoms with Gasteiger partial charge in [0.25, 0.3) is 0 Å². The highest BCUT2D eigenvalue weighted by atomic mass is 79.9. The van der Waals surface area contributed by atoms with Crippen molar-refractivity contribution >= 4 is 15.9 Å². The summed E-state index contributed by atoms with van der Waals surface area (Å²) in [6, 6.07) is 3.61. The summed E-state index contributed by atoms with van der Waals surface area (Å²) < 4.78 is 44.3. The van der Waals surface area contributed by atoms with Crippen LogP contribution < -0.4 is 9.47 Å². The van der Waals surface area contributed by atoms with E-state index in [9.17, 15) is 0 Å². The molecule has 0 heterocycles. The molecule has 0 unspecified atom stereocenters. The lowest BCUT2D eigenvalue weighted by Gasteiger charge is -2.22. The summed E-state index contributed by atoms with van der Waals surface area (Å²) in [5, 5.41) is 0. The highest BCUT2D eigenvalue weighted by Gasteiger charge is 2.20. The van der Waals surface area contributed by atoms with Gasteiger partial charge in [0.1, 0.15) is 11.5 Å². The van der Waals surface area contributed by atoms with Gasteiger partial charge in [-0.1, -0.05) is 0 Å². The van der Waals surface area contributed by atoms with Crippen LogP contribution in [0.3, 0.4) is 0 Å². The Labute approximate surface area is 175 Å². The van der Waals surface area contributed by atoms with Gasteiger partial charge in [-0.05, 0) is 35.8 Å². The van der Waals surface area contributed by atoms with Crippen LogP contribution in [0.15, 0.2) is 16.6 Å². The third-order valence-electron chi connectivity index (χ3n) is 3.41. The monoisotopic (exact) mass is 466 g/mol. The zero-order valence-electron chi connectivity index (χ0n) is 17.0. The fourth-order valence-electron chi connectivity index (χ4n) is 2.11. The van der Waals surface area contributed by atoms with Crippen LogP contribution in [-0.4, -0.2) is 67.4 Å². The maximum absolute atomic E-state index is 5.80. The molecule has 1 aromatic carbocycles. The molecule has 0 N–H and O–H groups in total. The van der Waals surface area contributed by atoms with Crippen molar-refractivity contribution in [2.45, 2.75) is 20.1 Å². The molecule has 0 aromatic heterocycles. The summed E-state index contributed by atoms with van der Waals surface area (Å²) in [7, 11) is 3.23. The average molecular weight is 467 g/mol. The van der Waals surface area contributed by atoms with Crippen LogP contribution in [-0.2, 0) is 28.4 Å². The molecule has 0 amide bonds. The van der Waals surface area contributed by atoms with E-state index in [4.69, 9.17) is 37.9 Å². The summed E-state index contributed by atoms with van der Waals surface area (Å²) in [4.78, 5) is 0. The van der Waals surface area contributed by atoms with Gasteiger partial charge < -0.3 is 37.9 Å². The predicted octanol–water partition coefficient (Wildman–Crippen LogP) is 3.52. The van der Waals surface area contributed by atoms with Gasteiger partial charge in [-0.15, -0.1) is 0 Å². The first-order chi connectivity index (χ1) is 13.7. The Balaban J connectivity index is 2.89. The van der Waals surface area contributed by atoms with E-state index in [2.05, 4.69) is 15.9 Å². The van der Waals surface area contributed by atoms with Gasteiger partial charge in [-0.3, -0.25) is 0 Å². The molecule has 0 spiro atoms. The standard InChI is InChI=1S/C19H31BrO8/c1-5-25-19(26-6-2)15-11-16(20)18(28-14-24-10-8-22-4)12-17(15)27-13-23-9-7-21-3/h11-12,19H,5-10,13-14H2,1-4H3. The van der Waals surface area contributed by atoms with Gasteiger partial charge in [-0.25, -0.2) is 0 Å². The van der Waals surface area contributed by atoms with Crippen molar-refractivity contribution in [3.8, 4) is 11.5 Å². The zero-order chi connectivity index (χ0) is 20.6. The van der Waals surface area contributed by atoms with E-state index < -0.39 is 6.29 Å². The molecule has 0 saturated heterocycles. The molecule has 0 aliphatic heterocycles. The Kier molecular flexibility index (Phi) is 14.3. The third kappa shape index (κ3) is 9.51. The minimum atomic E-state index is -0.563. The maximum atomic E-state index is 5.80. The molecule has 0 aliphatic rings. The Morgan fingerprint density at radius 3 is 1.82 bits per heavy atom. The van der Waals surface area contributed by atoms with Crippen LogP contribution in [0.25, 0.3) is 0 Å². The number of hydrogen-bond acceptors (Lipinski definition) is 8. The molecule has 0 atom stereocenters. The van der Waals surface area contributed by atoms with Crippen molar-refractivity contribution in [1.29, 1.82) is 0 Å². The van der Waals surface area contributed by atoms with Crippen LogP contribution in [0.1, 0.15) is 25.7 Å². The molecule has 1 aromatic rings. The number of halogens is 1. The molecule has 0 radical (unpaired) electrons. The lowest BCUT2D eigenvalue weighted by atomic mass is 10.2. The van der Waals surface area contributed by atoms with E-state index in [1.165, 1.54) is 0 Å². The average Bonchev–Trinajstić information content (AvgIpc) is 2.69. The van der Waals surface area contributed by atoms with E-state index >= 15 is 0 Å². The first-order valence-electron chi connectivity index (χ1n) is 9.13. The molecule has 0 saturated carbocycles. The second-order valence-electron chi connectivity index (χ2n) is 5.39. The molecular formula is C19H31BrO8. The Bertz CT molecular complexity index is 523. The highest BCUT2D eigenvalue weighted by molar-refractivity contribution is 9.10. The smallest absolute Gasteiger partial charge is 0.189 e. The number of hydrogen-bond donors (Lipinski definition) is 0. The van der Waals surface area contributed by atoms with E-state index in [0.29, 0.717) is 51.1 Å². The molecule has 1 rings (SSSR count). The minimum absolute atomic E-state index is 0.0622. The predicted molar refractivity (Wildman–Crippen MR) is 107 cm³/mol. The highest BCUT2D eigenvalue weighted by Crippen LogP contribution is 2.38. The number of rotatable bonds is 17. The Hall–Kier alpha value is -0.940. The van der Waals surface area contributed by atoms with Gasteiger partial charge in [-0.2, -0.15) is 0 Å². The fourth-order valence-corrected chi connectivity index (χ4v) is 2.59. The molecule has 0 bridgehead atoms. The van der Waals surface area contributed by atoms with Gasteiger partial charge in [0, 0.05) is 33.5 Å². The van der Waals surface area contributed by atoms with Crippen molar-refractivity contribution in [3.05, 3.63) is 22.2 Å². The minimum Gasteiger partial charge on any atom is -0.467 e. The lowest BCUT2D eigenvalue weighted by Crippen LogP contribution is -2.14. The van der Waals surface area contributed by atoms with Crippen molar-refractivity contribution < 1.29 is 37.9 Å². The Morgan fingerprint density at radius 2 is 1.32 bits per heavy atom. The van der Waals surface area contributed by atoms with Crippen LogP contribution in [0.2, 0.25) is 0 Å². The quantitative estimate of drug-likeness (QED) is 0.255. The van der Waals surface area contributed by atoms with Crippen LogP contribution in [0.5, 0.6) is 11.5 Å². The van der Waals surface area contributed by atoms with Gasteiger partial charge in [0.2, 0.25) is 0 Å². The molecule has 0 fully saturated rings. The van der Waals surface area contributed by atoms with Gasteiger partial charge in [0.15, 0.2) is 19.9 Å². The van der Waals surface area contributed by atoms with Crippen LogP contribution in [0, 0.1) is 0 Å². The van der Waals surface area contributed by atoms with Crippen LogP contribution >= 0.6 is 15.9 Å². The summed E-state index contributed by atoms with van der Waals surface area (Å²) in [6.45, 7) is 6.83. The molecule has 0 aliphatic carbocycles. The summed E-state index contributed by atoms with van der Waals surface area (Å²) in [5.74, 6) is 1.11. The number of ether oxygens (including phenoxy) is 8.